The molecule has 0 fully saturated rings. The number of pyridine rings is 1. The Morgan fingerprint density at radius 2 is 1.80 bits per heavy atom. The quantitative estimate of drug-likeness (QED) is 0.288. The van der Waals surface area contributed by atoms with Gasteiger partial charge in [-0.05, 0) is 47.2 Å². The average molecular weight is 532 g/mol. The molecule has 1 aromatic heterocycles. The summed E-state index contributed by atoms with van der Waals surface area (Å²) in [5.74, 6) is -4.04. The zero-order chi connectivity index (χ0) is 22.6. The summed E-state index contributed by atoms with van der Waals surface area (Å²) in [6.07, 6.45) is 0. The smallest absolute Gasteiger partial charge is 0.344 e. The molecule has 0 aliphatic carbocycles. The number of H-pyrrole nitrogens is 1. The lowest BCUT2D eigenvalue weighted by Crippen LogP contribution is -2.24. The highest BCUT2D eigenvalue weighted by Gasteiger charge is 2.28. The monoisotopic (exact) mass is 532 g/mol. The van der Waals surface area contributed by atoms with E-state index in [9.17, 15) is 29.4 Å². The van der Waals surface area contributed by atoms with Gasteiger partial charge in [-0.2, -0.15) is 0 Å². The number of carbonyl (C=O) groups is 3. The van der Waals surface area contributed by atoms with Crippen LogP contribution in [-0.2, 0) is 9.53 Å². The van der Waals surface area contributed by atoms with Crippen molar-refractivity contribution in [2.45, 2.75) is 6.92 Å². The molecule has 11 nitrogen and oxygen atoms in total. The average Bonchev–Trinajstić information content (AvgIpc) is 2.65. The standard InChI is InChI=1S/C18H17IN2O9/c1-3-29-10(22)6-30-14-8(19)4-7(5-9(14)28-2)11-12(17(24)25)15(20)21-16(23)13(11)18(26)27/h4-5H,3,6H2,1-2H3,(H,24,25)(H,26,27)(H3,20,21,23). The van der Waals surface area contributed by atoms with Gasteiger partial charge < -0.3 is 35.1 Å². The van der Waals surface area contributed by atoms with Gasteiger partial charge in [-0.1, -0.05) is 0 Å². The molecule has 0 saturated carbocycles. The molecule has 12 heteroatoms. The molecule has 0 radical (unpaired) electrons. The molecule has 0 amide bonds. The first-order valence-electron chi connectivity index (χ1n) is 8.30. The van der Waals surface area contributed by atoms with Gasteiger partial charge in [0.15, 0.2) is 18.1 Å². The Bertz CT molecular complexity index is 1080. The van der Waals surface area contributed by atoms with Crippen LogP contribution in [0.25, 0.3) is 11.1 Å². The number of aromatic amines is 1. The van der Waals surface area contributed by atoms with Gasteiger partial charge in [0.05, 0.1) is 17.3 Å². The van der Waals surface area contributed by atoms with E-state index < -0.39 is 47.0 Å². The number of nitrogens with one attached hydrogen (secondary N) is 1. The number of rotatable bonds is 8. The van der Waals surface area contributed by atoms with Gasteiger partial charge in [-0.15, -0.1) is 0 Å². The van der Waals surface area contributed by atoms with Crippen LogP contribution < -0.4 is 20.8 Å². The minimum atomic E-state index is -1.63. The Hall–Kier alpha value is -3.29. The minimum Gasteiger partial charge on any atom is -0.493 e. The second-order valence-electron chi connectivity index (χ2n) is 5.69. The van der Waals surface area contributed by atoms with Crippen molar-refractivity contribution in [3.05, 3.63) is 37.2 Å². The third-order valence-electron chi connectivity index (χ3n) is 3.83. The predicted molar refractivity (Wildman–Crippen MR) is 112 cm³/mol. The molecule has 1 heterocycles. The van der Waals surface area contributed by atoms with Crippen LogP contribution in [-0.4, -0.2) is 53.4 Å². The normalized spacial score (nSPS) is 10.4. The van der Waals surface area contributed by atoms with Gasteiger partial charge in [0.1, 0.15) is 16.9 Å². The van der Waals surface area contributed by atoms with Crippen molar-refractivity contribution < 1.29 is 38.8 Å². The van der Waals surface area contributed by atoms with Crippen molar-refractivity contribution in [3.63, 3.8) is 0 Å². The number of carboxylic acids is 2. The van der Waals surface area contributed by atoms with E-state index in [-0.39, 0.29) is 29.2 Å². The second kappa shape index (κ2) is 9.47. The molecule has 2 aromatic rings. The maximum Gasteiger partial charge on any atom is 0.344 e. The minimum absolute atomic E-state index is 0.0485. The lowest BCUT2D eigenvalue weighted by molar-refractivity contribution is -0.145. The third kappa shape index (κ3) is 4.64. The van der Waals surface area contributed by atoms with Crippen LogP contribution in [0.15, 0.2) is 16.9 Å². The summed E-state index contributed by atoms with van der Waals surface area (Å²) < 4.78 is 15.8. The fourth-order valence-corrected chi connectivity index (χ4v) is 3.43. The van der Waals surface area contributed by atoms with E-state index in [0.29, 0.717) is 3.57 Å². The number of nitrogen functional groups attached to an aromatic ring is 1. The molecule has 0 saturated heterocycles. The molecule has 160 valence electrons. The summed E-state index contributed by atoms with van der Waals surface area (Å²) >= 11 is 1.84. The summed E-state index contributed by atoms with van der Waals surface area (Å²) in [6.45, 7) is 1.41. The third-order valence-corrected chi connectivity index (χ3v) is 4.63. The van der Waals surface area contributed by atoms with Gasteiger partial charge in [0.2, 0.25) is 0 Å². The topological polar surface area (TPSA) is 178 Å². The highest BCUT2D eigenvalue weighted by molar-refractivity contribution is 14.1. The molecule has 0 aliphatic rings. The first kappa shape index (κ1) is 23.0. The van der Waals surface area contributed by atoms with Gasteiger partial charge in [-0.25, -0.2) is 14.4 Å². The van der Waals surface area contributed by atoms with Crippen molar-refractivity contribution in [2.24, 2.45) is 0 Å². The Morgan fingerprint density at radius 1 is 1.17 bits per heavy atom. The summed E-state index contributed by atoms with van der Waals surface area (Å²) in [5, 5.41) is 19.0. The lowest BCUT2D eigenvalue weighted by Gasteiger charge is -2.16. The van der Waals surface area contributed by atoms with Crippen LogP contribution in [0.3, 0.4) is 0 Å². The molecular weight excluding hydrogens is 515 g/mol. The highest BCUT2D eigenvalue weighted by atomic mass is 127. The van der Waals surface area contributed by atoms with E-state index >= 15 is 0 Å². The SMILES string of the molecule is CCOC(=O)COc1c(I)cc(-c2c(C(=O)O)c(N)[nH]c(=O)c2C(=O)O)cc1OC. The number of aromatic nitrogens is 1. The molecule has 0 spiro atoms. The Kier molecular flexibility index (Phi) is 7.26. The molecule has 5 N–H and O–H groups in total. The van der Waals surface area contributed by atoms with Gasteiger partial charge in [0, 0.05) is 5.56 Å². The Balaban J connectivity index is 2.72. The number of nitrogens with two attached hydrogens (primary N) is 1. The number of ether oxygens (including phenoxy) is 3. The first-order valence-corrected chi connectivity index (χ1v) is 9.38. The van der Waals surface area contributed by atoms with Crippen LogP contribution >= 0.6 is 22.6 Å². The summed E-state index contributed by atoms with van der Waals surface area (Å²) in [7, 11) is 1.30. The number of esters is 1. The molecule has 0 atom stereocenters. The summed E-state index contributed by atoms with van der Waals surface area (Å²) in [4.78, 5) is 49.2. The fraction of sp³-hybridized carbons (Fsp3) is 0.222. The number of halogens is 1. The number of benzene rings is 1. The fourth-order valence-electron chi connectivity index (χ4n) is 2.67. The molecule has 0 aliphatic heterocycles. The number of anilines is 1. The van der Waals surface area contributed by atoms with Crippen LogP contribution in [0.2, 0.25) is 0 Å². The van der Waals surface area contributed by atoms with E-state index in [1.54, 1.807) is 6.92 Å². The predicted octanol–water partition coefficient (Wildman–Crippen LogP) is 1.58. The Morgan fingerprint density at radius 3 is 2.33 bits per heavy atom. The van der Waals surface area contributed by atoms with E-state index in [1.807, 2.05) is 27.6 Å². The lowest BCUT2D eigenvalue weighted by atomic mass is 9.95. The molecule has 1 aromatic carbocycles. The summed E-state index contributed by atoms with van der Waals surface area (Å²) in [6, 6.07) is 2.67. The molecule has 0 unspecified atom stereocenters. The highest BCUT2D eigenvalue weighted by Crippen LogP contribution is 2.39. The zero-order valence-corrected chi connectivity index (χ0v) is 17.9. The van der Waals surface area contributed by atoms with E-state index in [0.717, 1.165) is 0 Å². The number of hydrogen-bond donors (Lipinski definition) is 4. The van der Waals surface area contributed by atoms with Crippen LogP contribution in [0, 0.1) is 3.57 Å². The van der Waals surface area contributed by atoms with Gasteiger partial charge in [-0.3, -0.25) is 4.79 Å². The number of carbonyl (C=O) groups excluding carboxylic acids is 1. The number of carboxylic acid groups (broad SMARTS) is 2. The largest absolute Gasteiger partial charge is 0.493 e. The summed E-state index contributed by atoms with van der Waals surface area (Å²) in [5.41, 5.74) is 2.87. The molecule has 2 rings (SSSR count). The maximum absolute atomic E-state index is 12.2. The van der Waals surface area contributed by atoms with Crippen LogP contribution in [0.5, 0.6) is 11.5 Å². The van der Waals surface area contributed by atoms with Crippen LogP contribution in [0.4, 0.5) is 5.82 Å². The van der Waals surface area contributed by atoms with Gasteiger partial charge in [0.25, 0.3) is 5.56 Å². The molecule has 0 bridgehead atoms. The number of hydrogen-bond acceptors (Lipinski definition) is 8. The van der Waals surface area contributed by atoms with Gasteiger partial charge >= 0.3 is 17.9 Å². The van der Waals surface area contributed by atoms with Crippen molar-refractivity contribution in [1.29, 1.82) is 0 Å². The van der Waals surface area contributed by atoms with Crippen molar-refractivity contribution in [2.75, 3.05) is 26.1 Å². The number of methoxy groups -OCH3 is 1. The van der Waals surface area contributed by atoms with E-state index in [4.69, 9.17) is 19.9 Å². The first-order chi connectivity index (χ1) is 14.1. The molecule has 30 heavy (non-hydrogen) atoms. The second-order valence-corrected chi connectivity index (χ2v) is 6.85. The van der Waals surface area contributed by atoms with Crippen LogP contribution in [0.1, 0.15) is 27.6 Å². The zero-order valence-electron chi connectivity index (χ0n) is 15.8. The van der Waals surface area contributed by atoms with Crippen molar-refractivity contribution in [1.82, 2.24) is 4.98 Å². The number of aromatic carboxylic acids is 2. The van der Waals surface area contributed by atoms with E-state index in [1.165, 1.54) is 19.2 Å². The van der Waals surface area contributed by atoms with Crippen molar-refractivity contribution in [3.8, 4) is 22.6 Å². The Labute approximate surface area is 182 Å². The molecular formula is C18H17IN2O9. The van der Waals surface area contributed by atoms with E-state index in [2.05, 4.69) is 0 Å². The maximum atomic E-state index is 12.2. The van der Waals surface area contributed by atoms with Crippen molar-refractivity contribution >= 4 is 46.3 Å².